The first kappa shape index (κ1) is 21.9. The fourth-order valence-electron chi connectivity index (χ4n) is 4.97. The van der Waals surface area contributed by atoms with Crippen molar-refractivity contribution in [3.8, 4) is 0 Å². The number of hydrogen-bond donors (Lipinski definition) is 3. The van der Waals surface area contributed by atoms with E-state index in [1.54, 1.807) is 4.90 Å². The second kappa shape index (κ2) is 8.81. The summed E-state index contributed by atoms with van der Waals surface area (Å²) in [5, 5.41) is 13.5. The Morgan fingerprint density at radius 2 is 2.00 bits per heavy atom. The number of aromatic amines is 1. The number of hydrogen-bond acceptors (Lipinski definition) is 5. The van der Waals surface area contributed by atoms with Crippen molar-refractivity contribution < 1.29 is 19.4 Å². The molecular weight excluding hydrogens is 419 g/mol. The molecule has 172 valence electrons. The van der Waals surface area contributed by atoms with Crippen LogP contribution in [0.2, 0.25) is 0 Å². The summed E-state index contributed by atoms with van der Waals surface area (Å²) in [7, 11) is 2.00. The van der Waals surface area contributed by atoms with E-state index in [1.165, 1.54) is 0 Å². The van der Waals surface area contributed by atoms with Gasteiger partial charge in [-0.05, 0) is 24.6 Å². The summed E-state index contributed by atoms with van der Waals surface area (Å²) in [4.78, 5) is 33.2. The Morgan fingerprint density at radius 3 is 2.79 bits per heavy atom. The summed E-state index contributed by atoms with van der Waals surface area (Å²) in [6.07, 6.45) is 1.94. The topological polar surface area (TPSA) is 97.9 Å². The van der Waals surface area contributed by atoms with E-state index in [4.69, 9.17) is 4.74 Å². The van der Waals surface area contributed by atoms with Crippen LogP contribution in [0.1, 0.15) is 32.9 Å². The van der Waals surface area contributed by atoms with Gasteiger partial charge in [0.05, 0.1) is 30.5 Å². The summed E-state index contributed by atoms with van der Waals surface area (Å²) >= 11 is 0. The molecule has 5 rings (SSSR count). The van der Waals surface area contributed by atoms with Crippen LogP contribution in [0, 0.1) is 6.92 Å². The standard InChI is InChI=1S/C24H29BN4O4/c1-14-21(11-18-17-10-15(25)2-3-19(17)27-23(18)31)26-20-4-5-29(24(32)22(14)20)13-16(30)12-28-6-8-33-9-7-28/h2-3,10-11,16,26,30H,4-9,12-13,25H2,1H3,(H,27,31)/b18-11-/t16-/m0/s1. The van der Waals surface area contributed by atoms with Crippen LogP contribution in [0.25, 0.3) is 11.6 Å². The predicted octanol–water partition coefficient (Wildman–Crippen LogP) is -0.234. The van der Waals surface area contributed by atoms with Gasteiger partial charge in [0.2, 0.25) is 0 Å². The fourth-order valence-corrected chi connectivity index (χ4v) is 4.97. The van der Waals surface area contributed by atoms with Crippen molar-refractivity contribution >= 4 is 42.5 Å². The lowest BCUT2D eigenvalue weighted by molar-refractivity contribution is -0.110. The summed E-state index contributed by atoms with van der Waals surface area (Å²) in [6, 6.07) is 5.89. The number of amides is 2. The van der Waals surface area contributed by atoms with Gasteiger partial charge in [-0.25, -0.2) is 0 Å². The van der Waals surface area contributed by atoms with Crippen LogP contribution in [0.15, 0.2) is 18.2 Å². The molecule has 0 radical (unpaired) electrons. The van der Waals surface area contributed by atoms with Crippen molar-refractivity contribution in [2.75, 3.05) is 51.3 Å². The van der Waals surface area contributed by atoms with Crippen LogP contribution in [0.3, 0.4) is 0 Å². The van der Waals surface area contributed by atoms with Crippen molar-refractivity contribution in [2.24, 2.45) is 0 Å². The smallest absolute Gasteiger partial charge is 0.256 e. The van der Waals surface area contributed by atoms with E-state index in [-0.39, 0.29) is 11.8 Å². The number of carbonyl (C=O) groups is 2. The van der Waals surface area contributed by atoms with Crippen molar-refractivity contribution in [1.82, 2.24) is 14.8 Å². The third-order valence-corrected chi connectivity index (χ3v) is 6.75. The van der Waals surface area contributed by atoms with Gasteiger partial charge in [-0.3, -0.25) is 14.5 Å². The third-order valence-electron chi connectivity index (χ3n) is 6.75. The number of fused-ring (bicyclic) bond motifs is 2. The number of nitrogens with one attached hydrogen (secondary N) is 2. The van der Waals surface area contributed by atoms with Crippen LogP contribution >= 0.6 is 0 Å². The number of aliphatic hydroxyl groups is 1. The average molecular weight is 448 g/mol. The number of aliphatic hydroxyl groups excluding tert-OH is 1. The van der Waals surface area contributed by atoms with E-state index in [0.29, 0.717) is 50.4 Å². The van der Waals surface area contributed by atoms with Crippen molar-refractivity contribution in [3.63, 3.8) is 0 Å². The van der Waals surface area contributed by atoms with Crippen LogP contribution in [0.4, 0.5) is 5.69 Å². The maximum Gasteiger partial charge on any atom is 0.256 e. The first-order valence-electron chi connectivity index (χ1n) is 11.5. The third kappa shape index (κ3) is 4.24. The maximum atomic E-state index is 13.3. The van der Waals surface area contributed by atoms with Gasteiger partial charge in [0.15, 0.2) is 0 Å². The molecule has 4 heterocycles. The number of aromatic nitrogens is 1. The van der Waals surface area contributed by atoms with Crippen LogP contribution in [0.5, 0.6) is 0 Å². The molecule has 1 aromatic heterocycles. The Morgan fingerprint density at radius 1 is 1.21 bits per heavy atom. The van der Waals surface area contributed by atoms with Crippen molar-refractivity contribution in [3.05, 3.63) is 46.3 Å². The number of β-amino-alcohol motifs (C(OH)–C–C–N with tert-alkyl or cyclic N) is 1. The normalized spacial score (nSPS) is 20.7. The molecule has 3 aliphatic rings. The Bertz CT molecular complexity index is 1140. The van der Waals surface area contributed by atoms with Gasteiger partial charge >= 0.3 is 0 Å². The minimum atomic E-state index is -0.601. The Hall–Kier alpha value is -2.88. The molecule has 1 fully saturated rings. The largest absolute Gasteiger partial charge is 0.390 e. The number of morpholine rings is 1. The van der Waals surface area contributed by atoms with Crippen molar-refractivity contribution in [1.29, 1.82) is 0 Å². The predicted molar refractivity (Wildman–Crippen MR) is 130 cm³/mol. The maximum absolute atomic E-state index is 13.3. The monoisotopic (exact) mass is 448 g/mol. The molecule has 8 nitrogen and oxygen atoms in total. The lowest BCUT2D eigenvalue weighted by Crippen LogP contribution is -2.47. The second-order valence-corrected chi connectivity index (χ2v) is 9.15. The number of H-pyrrole nitrogens is 1. The molecule has 0 saturated carbocycles. The molecule has 33 heavy (non-hydrogen) atoms. The zero-order valence-electron chi connectivity index (χ0n) is 19.1. The number of ether oxygens (including phenoxy) is 1. The Balaban J connectivity index is 1.35. The van der Waals surface area contributed by atoms with E-state index in [0.717, 1.165) is 46.8 Å². The zero-order chi connectivity index (χ0) is 23.1. The molecular formula is C24H29BN4O4. The summed E-state index contributed by atoms with van der Waals surface area (Å²) in [5.41, 5.74) is 6.54. The molecule has 3 N–H and O–H groups in total. The van der Waals surface area contributed by atoms with Gasteiger partial charge in [0.25, 0.3) is 11.8 Å². The van der Waals surface area contributed by atoms with Crippen LogP contribution in [-0.4, -0.2) is 91.6 Å². The van der Waals surface area contributed by atoms with Gasteiger partial charge in [-0.15, -0.1) is 0 Å². The SMILES string of the molecule is Bc1ccc2c(c1)/C(=C/c1[nH]c3c(c1C)C(=O)N(C[C@@H](O)CN1CCOCC1)CC3)C(=O)N2. The van der Waals surface area contributed by atoms with Gasteiger partial charge in [0.1, 0.15) is 7.85 Å². The van der Waals surface area contributed by atoms with Gasteiger partial charge in [-0.1, -0.05) is 17.6 Å². The molecule has 9 heteroatoms. The van der Waals surface area contributed by atoms with Gasteiger partial charge in [-0.2, -0.15) is 0 Å². The highest BCUT2D eigenvalue weighted by molar-refractivity contribution is 6.37. The number of carbonyl (C=O) groups excluding carboxylic acids is 2. The molecule has 0 unspecified atom stereocenters. The Labute approximate surface area is 194 Å². The van der Waals surface area contributed by atoms with Gasteiger partial charge in [0, 0.05) is 61.8 Å². The Kier molecular flexibility index (Phi) is 5.86. The van der Waals surface area contributed by atoms with Gasteiger partial charge < -0.3 is 25.0 Å². The van der Waals surface area contributed by atoms with Crippen LogP contribution in [-0.2, 0) is 16.0 Å². The van der Waals surface area contributed by atoms with Crippen molar-refractivity contribution in [2.45, 2.75) is 19.4 Å². The summed E-state index contributed by atoms with van der Waals surface area (Å²) in [6.45, 7) is 6.30. The van der Waals surface area contributed by atoms with E-state index in [9.17, 15) is 14.7 Å². The molecule has 1 atom stereocenters. The molecule has 1 aromatic carbocycles. The highest BCUT2D eigenvalue weighted by Crippen LogP contribution is 2.34. The quantitative estimate of drug-likeness (QED) is 0.434. The minimum Gasteiger partial charge on any atom is -0.390 e. The van der Waals surface area contributed by atoms with E-state index in [1.807, 2.05) is 39.0 Å². The van der Waals surface area contributed by atoms with E-state index >= 15 is 0 Å². The first-order chi connectivity index (χ1) is 15.9. The highest BCUT2D eigenvalue weighted by Gasteiger charge is 2.31. The van der Waals surface area contributed by atoms with Crippen LogP contribution < -0.4 is 10.8 Å². The lowest BCUT2D eigenvalue weighted by atomic mass is 9.92. The number of benzene rings is 1. The minimum absolute atomic E-state index is 0.0669. The number of anilines is 1. The fraction of sp³-hybridized carbons (Fsp3) is 0.417. The highest BCUT2D eigenvalue weighted by atomic mass is 16.5. The molecule has 2 aromatic rings. The molecule has 3 aliphatic heterocycles. The second-order valence-electron chi connectivity index (χ2n) is 9.15. The first-order valence-corrected chi connectivity index (χ1v) is 11.5. The number of nitrogens with zero attached hydrogens (tertiary/aromatic N) is 2. The average Bonchev–Trinajstić information content (AvgIpc) is 3.27. The van der Waals surface area contributed by atoms with E-state index < -0.39 is 6.10 Å². The summed E-state index contributed by atoms with van der Waals surface area (Å²) in [5.74, 6) is -0.204. The molecule has 0 bridgehead atoms. The molecule has 1 saturated heterocycles. The molecule has 2 amide bonds. The zero-order valence-corrected chi connectivity index (χ0v) is 19.1. The van der Waals surface area contributed by atoms with E-state index in [2.05, 4.69) is 15.2 Å². The number of rotatable bonds is 5. The molecule has 0 spiro atoms. The lowest BCUT2D eigenvalue weighted by Gasteiger charge is -2.32. The summed E-state index contributed by atoms with van der Waals surface area (Å²) < 4.78 is 5.36. The molecule has 0 aliphatic carbocycles.